The van der Waals surface area contributed by atoms with Crippen molar-refractivity contribution in [3.05, 3.63) is 34.9 Å². The summed E-state index contributed by atoms with van der Waals surface area (Å²) in [5.74, 6) is 1.18. The van der Waals surface area contributed by atoms with Gasteiger partial charge in [0.05, 0.1) is 0 Å². The van der Waals surface area contributed by atoms with E-state index in [9.17, 15) is 14.7 Å². The first-order chi connectivity index (χ1) is 11.8. The molecule has 4 aliphatic rings. The fraction of sp³-hybridized carbons (Fsp3) is 0.636. The summed E-state index contributed by atoms with van der Waals surface area (Å²) in [5.41, 5.74) is 3.17. The Kier molecular flexibility index (Phi) is 3.65. The van der Waals surface area contributed by atoms with E-state index < -0.39 is 5.97 Å². The standard InChI is InChI=1S/C22H28O3/c1-13(20(24)25)17-6-7-18-16-5-4-14-12-15(23)8-10-21(14,2)19(16)9-11-22(17,18)3/h8,10,12,16,18-19H,4-7,9,11H2,1-3H3,(H,24,25)/b17-13+/t16-,18-,19-,21-,22+/m0/s1. The molecule has 0 heterocycles. The number of allylic oxidation sites excluding steroid dienone is 5. The Morgan fingerprint density at radius 3 is 2.64 bits per heavy atom. The second kappa shape index (κ2) is 5.43. The number of carboxylic acid groups (broad SMARTS) is 1. The zero-order chi connectivity index (χ0) is 18.0. The maximum absolute atomic E-state index is 11.8. The van der Waals surface area contributed by atoms with Gasteiger partial charge in [0.15, 0.2) is 5.78 Å². The summed E-state index contributed by atoms with van der Waals surface area (Å²) in [7, 11) is 0. The molecule has 3 nitrogen and oxygen atoms in total. The van der Waals surface area contributed by atoms with Gasteiger partial charge in [-0.1, -0.05) is 31.1 Å². The van der Waals surface area contributed by atoms with Crippen LogP contribution < -0.4 is 0 Å². The van der Waals surface area contributed by atoms with Crippen LogP contribution >= 0.6 is 0 Å². The van der Waals surface area contributed by atoms with Crippen molar-refractivity contribution in [3.63, 3.8) is 0 Å². The van der Waals surface area contributed by atoms with Crippen molar-refractivity contribution < 1.29 is 14.7 Å². The molecule has 5 atom stereocenters. The van der Waals surface area contributed by atoms with E-state index in [0.717, 1.165) is 38.5 Å². The number of rotatable bonds is 1. The highest BCUT2D eigenvalue weighted by Crippen LogP contribution is 2.66. The average Bonchev–Trinajstić information content (AvgIpc) is 2.92. The third kappa shape index (κ3) is 2.24. The van der Waals surface area contributed by atoms with Crippen LogP contribution in [0.2, 0.25) is 0 Å². The Balaban J connectivity index is 1.71. The Hall–Kier alpha value is -1.64. The van der Waals surface area contributed by atoms with Crippen molar-refractivity contribution >= 4 is 11.8 Å². The van der Waals surface area contributed by atoms with Gasteiger partial charge in [-0.25, -0.2) is 4.79 Å². The van der Waals surface area contributed by atoms with Crippen LogP contribution in [-0.4, -0.2) is 16.9 Å². The summed E-state index contributed by atoms with van der Waals surface area (Å²) in [6.07, 6.45) is 12.2. The fourth-order valence-electron chi connectivity index (χ4n) is 6.76. The topological polar surface area (TPSA) is 54.4 Å². The number of ketones is 1. The lowest BCUT2D eigenvalue weighted by Crippen LogP contribution is -2.48. The Morgan fingerprint density at radius 1 is 1.16 bits per heavy atom. The first-order valence-corrected chi connectivity index (χ1v) is 9.65. The van der Waals surface area contributed by atoms with E-state index in [1.165, 1.54) is 11.1 Å². The summed E-state index contributed by atoms with van der Waals surface area (Å²) in [4.78, 5) is 23.4. The van der Waals surface area contributed by atoms with E-state index in [-0.39, 0.29) is 16.6 Å². The third-order valence-corrected chi connectivity index (χ3v) is 8.11. The molecule has 0 spiro atoms. The van der Waals surface area contributed by atoms with Crippen molar-refractivity contribution in [1.82, 2.24) is 0 Å². The van der Waals surface area contributed by atoms with E-state index >= 15 is 0 Å². The Bertz CT molecular complexity index is 740. The quantitative estimate of drug-likeness (QED) is 0.704. The first kappa shape index (κ1) is 16.8. The van der Waals surface area contributed by atoms with Crippen molar-refractivity contribution in [2.75, 3.05) is 0 Å². The third-order valence-electron chi connectivity index (χ3n) is 8.11. The van der Waals surface area contributed by atoms with Crippen molar-refractivity contribution in [2.45, 2.75) is 59.3 Å². The number of hydrogen-bond donors (Lipinski definition) is 1. The van der Waals surface area contributed by atoms with Gasteiger partial charge in [0.2, 0.25) is 0 Å². The van der Waals surface area contributed by atoms with Gasteiger partial charge in [-0.15, -0.1) is 0 Å². The minimum absolute atomic E-state index is 0.0203. The molecule has 134 valence electrons. The number of aliphatic carboxylic acids is 1. The molecule has 0 aliphatic heterocycles. The van der Waals surface area contributed by atoms with E-state index in [2.05, 4.69) is 19.9 Å². The van der Waals surface area contributed by atoms with Gasteiger partial charge in [0.1, 0.15) is 0 Å². The minimum Gasteiger partial charge on any atom is -0.478 e. The number of fused-ring (bicyclic) bond motifs is 5. The summed E-state index contributed by atoms with van der Waals surface area (Å²) in [5, 5.41) is 9.49. The van der Waals surface area contributed by atoms with Crippen LogP contribution in [0.15, 0.2) is 34.9 Å². The van der Waals surface area contributed by atoms with Gasteiger partial charge < -0.3 is 5.11 Å². The lowest BCUT2D eigenvalue weighted by Gasteiger charge is -2.56. The van der Waals surface area contributed by atoms with E-state index in [0.29, 0.717) is 23.3 Å². The number of carbonyl (C=O) groups is 2. The zero-order valence-electron chi connectivity index (χ0n) is 15.5. The second-order valence-electron chi connectivity index (χ2n) is 9.01. The number of carboxylic acids is 1. The highest BCUT2D eigenvalue weighted by atomic mass is 16.4. The highest BCUT2D eigenvalue weighted by molar-refractivity contribution is 6.01. The summed E-state index contributed by atoms with van der Waals surface area (Å²) >= 11 is 0. The van der Waals surface area contributed by atoms with E-state index in [1.54, 1.807) is 13.0 Å². The maximum atomic E-state index is 11.8. The predicted molar refractivity (Wildman–Crippen MR) is 97.0 cm³/mol. The van der Waals surface area contributed by atoms with Crippen LogP contribution in [0.5, 0.6) is 0 Å². The molecule has 0 aromatic heterocycles. The molecule has 3 heteroatoms. The van der Waals surface area contributed by atoms with E-state index in [4.69, 9.17) is 0 Å². The molecule has 0 radical (unpaired) electrons. The minimum atomic E-state index is -0.756. The van der Waals surface area contributed by atoms with Gasteiger partial charge in [0.25, 0.3) is 0 Å². The molecule has 1 N–H and O–H groups in total. The molecular weight excluding hydrogens is 312 g/mol. The summed E-state index contributed by atoms with van der Waals surface area (Å²) in [6, 6.07) is 0. The summed E-state index contributed by atoms with van der Waals surface area (Å²) < 4.78 is 0. The smallest absolute Gasteiger partial charge is 0.331 e. The molecule has 0 amide bonds. The van der Waals surface area contributed by atoms with Crippen LogP contribution in [0.25, 0.3) is 0 Å². The van der Waals surface area contributed by atoms with Gasteiger partial charge in [-0.3, -0.25) is 4.79 Å². The fourth-order valence-corrected chi connectivity index (χ4v) is 6.76. The lowest BCUT2D eigenvalue weighted by atomic mass is 9.48. The van der Waals surface area contributed by atoms with Crippen LogP contribution in [0, 0.1) is 28.6 Å². The van der Waals surface area contributed by atoms with Crippen LogP contribution in [0.4, 0.5) is 0 Å². The average molecular weight is 340 g/mol. The molecule has 0 bridgehead atoms. The Morgan fingerprint density at radius 2 is 1.92 bits per heavy atom. The van der Waals surface area contributed by atoms with Gasteiger partial charge in [-0.2, -0.15) is 0 Å². The molecule has 4 rings (SSSR count). The van der Waals surface area contributed by atoms with Gasteiger partial charge in [-0.05, 0) is 80.8 Å². The molecule has 3 fully saturated rings. The van der Waals surface area contributed by atoms with Gasteiger partial charge in [0, 0.05) is 11.0 Å². The molecular formula is C22H28O3. The SMILES string of the molecule is C/C(C(=O)O)=C1/CC[C@H]2[C@@H]3CCC4=CC(=O)C=C[C@]4(C)[C@H]3CC[C@]12C. The number of hydrogen-bond acceptors (Lipinski definition) is 2. The van der Waals surface area contributed by atoms with Crippen molar-refractivity contribution in [1.29, 1.82) is 0 Å². The molecule has 0 saturated heterocycles. The second-order valence-corrected chi connectivity index (χ2v) is 9.01. The predicted octanol–water partition coefficient (Wildman–Crippen LogP) is 4.70. The first-order valence-electron chi connectivity index (χ1n) is 9.65. The van der Waals surface area contributed by atoms with Crippen LogP contribution in [-0.2, 0) is 9.59 Å². The molecule has 4 aliphatic carbocycles. The summed E-state index contributed by atoms with van der Waals surface area (Å²) in [6.45, 7) is 6.42. The zero-order valence-corrected chi connectivity index (χ0v) is 15.5. The van der Waals surface area contributed by atoms with Crippen molar-refractivity contribution in [2.24, 2.45) is 28.6 Å². The lowest BCUT2D eigenvalue weighted by molar-refractivity contribution is -0.132. The van der Waals surface area contributed by atoms with E-state index in [1.807, 2.05) is 6.08 Å². The van der Waals surface area contributed by atoms with Crippen molar-refractivity contribution in [3.8, 4) is 0 Å². The largest absolute Gasteiger partial charge is 0.478 e. The normalized spacial score (nSPS) is 44.5. The van der Waals surface area contributed by atoms with Gasteiger partial charge >= 0.3 is 5.97 Å². The van der Waals surface area contributed by atoms with Crippen LogP contribution in [0.3, 0.4) is 0 Å². The molecule has 0 unspecified atom stereocenters. The molecule has 0 aromatic rings. The van der Waals surface area contributed by atoms with Crippen LogP contribution in [0.1, 0.15) is 59.3 Å². The molecule has 0 aromatic carbocycles. The number of carbonyl (C=O) groups excluding carboxylic acids is 1. The highest BCUT2D eigenvalue weighted by Gasteiger charge is 2.57. The Labute approximate surface area is 149 Å². The molecule has 25 heavy (non-hydrogen) atoms. The molecule has 3 saturated carbocycles. The monoisotopic (exact) mass is 340 g/mol. The maximum Gasteiger partial charge on any atom is 0.331 e.